The molecule has 1 atom stereocenters. The molecule has 0 radical (unpaired) electrons. The minimum Gasteiger partial charge on any atom is -0.460 e. The van der Waals surface area contributed by atoms with Crippen molar-refractivity contribution in [3.8, 4) is 0 Å². The van der Waals surface area contributed by atoms with Crippen LogP contribution in [0, 0.1) is 12.8 Å². The summed E-state index contributed by atoms with van der Waals surface area (Å²) in [5, 5.41) is 2.80. The number of fused-ring (bicyclic) bond motifs is 5. The van der Waals surface area contributed by atoms with E-state index >= 15 is 0 Å². The Labute approximate surface area is 170 Å². The molecule has 0 saturated heterocycles. The Kier molecular flexibility index (Phi) is 4.17. The summed E-state index contributed by atoms with van der Waals surface area (Å²) >= 11 is 0. The molecule has 29 heavy (non-hydrogen) atoms. The van der Waals surface area contributed by atoms with Crippen molar-refractivity contribution in [2.24, 2.45) is 5.92 Å². The molecule has 148 valence electrons. The van der Waals surface area contributed by atoms with Gasteiger partial charge in [-0.2, -0.15) is 0 Å². The van der Waals surface area contributed by atoms with Crippen molar-refractivity contribution in [2.45, 2.75) is 38.0 Å². The zero-order chi connectivity index (χ0) is 20.2. The average Bonchev–Trinajstić information content (AvgIpc) is 3.06. The van der Waals surface area contributed by atoms with Crippen LogP contribution in [-0.2, 0) is 22.9 Å². The Morgan fingerprint density at radius 1 is 1.00 bits per heavy atom. The maximum Gasteiger partial charge on any atom is 0.261 e. The molecule has 0 spiro atoms. The number of hydrogen-bond donors (Lipinski definition) is 1. The van der Waals surface area contributed by atoms with Crippen LogP contribution >= 0.6 is 0 Å². The molecule has 0 bridgehead atoms. The predicted molar refractivity (Wildman–Crippen MR) is 117 cm³/mol. The fourth-order valence-corrected chi connectivity index (χ4v) is 5.34. The van der Waals surface area contributed by atoms with Crippen molar-refractivity contribution >= 4 is 37.5 Å². The smallest absolute Gasteiger partial charge is 0.261 e. The highest BCUT2D eigenvalue weighted by Crippen LogP contribution is 2.40. The Bertz CT molecular complexity index is 1330. The van der Waals surface area contributed by atoms with Gasteiger partial charge in [-0.15, -0.1) is 0 Å². The van der Waals surface area contributed by atoms with Crippen LogP contribution in [0.1, 0.15) is 30.2 Å². The lowest BCUT2D eigenvalue weighted by Gasteiger charge is -2.16. The monoisotopic (exact) mass is 405 g/mol. The fraction of sp³-hybridized carbons (Fsp3) is 0.250. The lowest BCUT2D eigenvalue weighted by Crippen LogP contribution is -2.13. The molecule has 4 aromatic rings. The molecular weight excluding hydrogens is 382 g/mol. The third-order valence-electron chi connectivity index (χ3n) is 5.88. The number of sulfonamides is 1. The zero-order valence-electron chi connectivity index (χ0n) is 16.5. The molecular formula is C24H23NO3S. The normalized spacial score (nSPS) is 16.8. The second kappa shape index (κ2) is 6.63. The molecule has 0 aliphatic heterocycles. The Balaban J connectivity index is 1.69. The van der Waals surface area contributed by atoms with Crippen LogP contribution in [0.5, 0.6) is 0 Å². The molecule has 0 unspecified atom stereocenters. The number of furan rings is 1. The van der Waals surface area contributed by atoms with Crippen molar-refractivity contribution in [1.82, 2.24) is 0 Å². The van der Waals surface area contributed by atoms with Gasteiger partial charge in [-0.1, -0.05) is 48.9 Å². The lowest BCUT2D eigenvalue weighted by molar-refractivity contribution is 0.427. The van der Waals surface area contributed by atoms with Crippen LogP contribution < -0.4 is 4.72 Å². The van der Waals surface area contributed by atoms with E-state index in [9.17, 15) is 8.42 Å². The number of hydrogen-bond acceptors (Lipinski definition) is 3. The van der Waals surface area contributed by atoms with E-state index in [0.29, 0.717) is 11.6 Å². The second-order valence-corrected chi connectivity index (χ2v) is 9.80. The summed E-state index contributed by atoms with van der Waals surface area (Å²) in [5.41, 5.74) is 3.70. The summed E-state index contributed by atoms with van der Waals surface area (Å²) < 4.78 is 35.2. The Morgan fingerprint density at radius 3 is 2.48 bits per heavy atom. The van der Waals surface area contributed by atoms with E-state index in [1.807, 2.05) is 49.4 Å². The van der Waals surface area contributed by atoms with Crippen LogP contribution in [0.15, 0.2) is 63.9 Å². The third kappa shape index (κ3) is 3.10. The van der Waals surface area contributed by atoms with Crippen molar-refractivity contribution in [2.75, 3.05) is 4.72 Å². The summed E-state index contributed by atoms with van der Waals surface area (Å²) in [6.07, 6.45) is 3.02. The van der Waals surface area contributed by atoms with Gasteiger partial charge >= 0.3 is 0 Å². The van der Waals surface area contributed by atoms with Crippen molar-refractivity contribution in [3.63, 3.8) is 0 Å². The summed E-state index contributed by atoms with van der Waals surface area (Å²) in [5.74, 6) is 1.65. The minimum absolute atomic E-state index is 0.260. The van der Waals surface area contributed by atoms with Gasteiger partial charge < -0.3 is 4.42 Å². The number of rotatable bonds is 3. The second-order valence-electron chi connectivity index (χ2n) is 8.12. The highest BCUT2D eigenvalue weighted by Gasteiger charge is 2.25. The number of benzene rings is 3. The van der Waals surface area contributed by atoms with E-state index in [0.717, 1.165) is 52.3 Å². The van der Waals surface area contributed by atoms with Gasteiger partial charge in [0.25, 0.3) is 10.0 Å². The van der Waals surface area contributed by atoms with Gasteiger partial charge in [0.05, 0.1) is 10.6 Å². The summed E-state index contributed by atoms with van der Waals surface area (Å²) in [6.45, 7) is 4.18. The molecule has 4 nitrogen and oxygen atoms in total. The molecule has 0 fully saturated rings. The Hall–Kier alpha value is -2.79. The number of anilines is 1. The van der Waals surface area contributed by atoms with Crippen LogP contribution in [0.4, 0.5) is 5.69 Å². The average molecular weight is 406 g/mol. The highest BCUT2D eigenvalue weighted by atomic mass is 32.2. The van der Waals surface area contributed by atoms with Crippen LogP contribution in [0.25, 0.3) is 21.7 Å². The zero-order valence-corrected chi connectivity index (χ0v) is 17.3. The first kappa shape index (κ1) is 18.3. The first-order valence-electron chi connectivity index (χ1n) is 9.98. The maximum atomic E-state index is 13.0. The van der Waals surface area contributed by atoms with Gasteiger partial charge in [0.15, 0.2) is 0 Å². The van der Waals surface area contributed by atoms with E-state index in [-0.39, 0.29) is 4.90 Å². The fourth-order valence-electron chi connectivity index (χ4n) is 4.27. The topological polar surface area (TPSA) is 59.3 Å². The lowest BCUT2D eigenvalue weighted by atomic mass is 9.88. The summed E-state index contributed by atoms with van der Waals surface area (Å²) in [6, 6.07) is 16.7. The quantitative estimate of drug-likeness (QED) is 0.467. The molecule has 1 N–H and O–H groups in total. The molecule has 0 amide bonds. The SMILES string of the molecule is Cc1ccc(S(=O)(=O)Nc2cc3c4c(oc3c3ccccc23)C[C@@H](C)CC4)cc1. The highest BCUT2D eigenvalue weighted by molar-refractivity contribution is 7.92. The summed E-state index contributed by atoms with van der Waals surface area (Å²) in [7, 11) is -3.68. The largest absolute Gasteiger partial charge is 0.460 e. The number of aryl methyl sites for hydroxylation is 2. The van der Waals surface area contributed by atoms with E-state index in [2.05, 4.69) is 11.6 Å². The summed E-state index contributed by atoms with van der Waals surface area (Å²) in [4.78, 5) is 0.260. The molecule has 1 aliphatic carbocycles. The van der Waals surface area contributed by atoms with Gasteiger partial charge in [-0.3, -0.25) is 4.72 Å². The van der Waals surface area contributed by atoms with Crippen LogP contribution in [0.3, 0.4) is 0 Å². The molecule has 3 aromatic carbocycles. The van der Waals surface area contributed by atoms with E-state index < -0.39 is 10.0 Å². The van der Waals surface area contributed by atoms with Gasteiger partial charge in [0, 0.05) is 28.1 Å². The molecule has 1 aromatic heterocycles. The van der Waals surface area contributed by atoms with Gasteiger partial charge in [0.2, 0.25) is 0 Å². The third-order valence-corrected chi connectivity index (χ3v) is 7.26. The molecule has 5 heteroatoms. The maximum absolute atomic E-state index is 13.0. The van der Waals surface area contributed by atoms with Crippen LogP contribution in [0.2, 0.25) is 0 Å². The molecule has 5 rings (SSSR count). The van der Waals surface area contributed by atoms with E-state index in [1.54, 1.807) is 12.1 Å². The van der Waals surface area contributed by atoms with E-state index in [1.165, 1.54) is 5.56 Å². The molecule has 0 saturated carbocycles. The standard InChI is InChI=1S/C24H23NO3S/c1-15-7-10-17(11-8-15)29(26,27)25-22-14-21-19-12-9-16(2)13-23(19)28-24(21)20-6-4-3-5-18(20)22/h3-8,10-11,14,16,25H,9,12-13H2,1-2H3/t16-/m0/s1. The van der Waals surface area contributed by atoms with Gasteiger partial charge in [-0.05, 0) is 43.9 Å². The number of nitrogens with one attached hydrogen (secondary N) is 1. The van der Waals surface area contributed by atoms with Crippen LogP contribution in [-0.4, -0.2) is 8.42 Å². The van der Waals surface area contributed by atoms with Gasteiger partial charge in [-0.25, -0.2) is 8.42 Å². The first-order valence-corrected chi connectivity index (χ1v) is 11.5. The molecule has 1 heterocycles. The molecule has 1 aliphatic rings. The minimum atomic E-state index is -3.68. The van der Waals surface area contributed by atoms with Crippen molar-refractivity contribution in [3.05, 3.63) is 71.5 Å². The van der Waals surface area contributed by atoms with E-state index in [4.69, 9.17) is 4.42 Å². The van der Waals surface area contributed by atoms with Gasteiger partial charge in [0.1, 0.15) is 11.3 Å². The first-order chi connectivity index (χ1) is 13.9. The predicted octanol–water partition coefficient (Wildman–Crippen LogP) is 5.82. The Morgan fingerprint density at radius 2 is 1.72 bits per heavy atom. The van der Waals surface area contributed by atoms with Crippen molar-refractivity contribution < 1.29 is 12.8 Å². The van der Waals surface area contributed by atoms with Crippen molar-refractivity contribution in [1.29, 1.82) is 0 Å².